The molecule has 1 N–H and O–H groups in total. The lowest BCUT2D eigenvalue weighted by Gasteiger charge is -2.22. The molecule has 0 aliphatic rings. The summed E-state index contributed by atoms with van der Waals surface area (Å²) in [6.07, 6.45) is 0. The van der Waals surface area contributed by atoms with Crippen molar-refractivity contribution in [3.05, 3.63) is 59.2 Å². The monoisotopic (exact) mass is 266 g/mol. The van der Waals surface area contributed by atoms with Crippen molar-refractivity contribution in [2.24, 2.45) is 0 Å². The molecule has 0 aliphatic heterocycles. The molecule has 0 atom stereocenters. The number of aryl methyl sites for hydroxylation is 1. The number of carboxylic acid groups (broad SMARTS) is 1. The number of rotatable bonds is 3. The van der Waals surface area contributed by atoms with Gasteiger partial charge in [0, 0.05) is 12.7 Å². The molecular formula is C16H14N2O2. The Bertz CT molecular complexity index is 685. The van der Waals surface area contributed by atoms with Crippen LogP contribution in [0.3, 0.4) is 0 Å². The molecule has 0 aromatic heterocycles. The summed E-state index contributed by atoms with van der Waals surface area (Å²) in [7, 11) is 1.86. The number of aromatic carboxylic acids is 1. The van der Waals surface area contributed by atoms with Gasteiger partial charge in [0.15, 0.2) is 0 Å². The van der Waals surface area contributed by atoms with Crippen LogP contribution in [0.15, 0.2) is 42.5 Å². The van der Waals surface area contributed by atoms with Crippen molar-refractivity contribution in [2.75, 3.05) is 11.9 Å². The summed E-state index contributed by atoms with van der Waals surface area (Å²) in [5, 5.41) is 18.1. The number of hydrogen-bond acceptors (Lipinski definition) is 3. The molecule has 20 heavy (non-hydrogen) atoms. The second-order valence-corrected chi connectivity index (χ2v) is 4.49. The van der Waals surface area contributed by atoms with Gasteiger partial charge in [-0.2, -0.15) is 5.26 Å². The molecule has 0 saturated heterocycles. The van der Waals surface area contributed by atoms with Gasteiger partial charge in [-0.15, -0.1) is 0 Å². The maximum atomic E-state index is 10.8. The van der Waals surface area contributed by atoms with Crippen molar-refractivity contribution in [3.63, 3.8) is 0 Å². The van der Waals surface area contributed by atoms with Gasteiger partial charge in [-0.3, -0.25) is 0 Å². The molecule has 0 saturated carbocycles. The fraction of sp³-hybridized carbons (Fsp3) is 0.125. The van der Waals surface area contributed by atoms with E-state index in [2.05, 4.69) is 6.07 Å². The van der Waals surface area contributed by atoms with Crippen molar-refractivity contribution in [1.29, 1.82) is 5.26 Å². The summed E-state index contributed by atoms with van der Waals surface area (Å²) in [6, 6.07) is 14.3. The molecule has 0 spiro atoms. The van der Waals surface area contributed by atoms with Gasteiger partial charge in [-0.05, 0) is 42.8 Å². The zero-order valence-corrected chi connectivity index (χ0v) is 11.3. The minimum absolute atomic E-state index is 0.243. The van der Waals surface area contributed by atoms with Crippen LogP contribution in [0.2, 0.25) is 0 Å². The van der Waals surface area contributed by atoms with Crippen LogP contribution in [0, 0.1) is 18.3 Å². The number of para-hydroxylation sites is 1. The fourth-order valence-electron chi connectivity index (χ4n) is 2.15. The Kier molecular flexibility index (Phi) is 3.72. The van der Waals surface area contributed by atoms with E-state index in [1.807, 2.05) is 31.0 Å². The topological polar surface area (TPSA) is 64.3 Å². The second kappa shape index (κ2) is 5.45. The minimum Gasteiger partial charge on any atom is -0.478 e. The van der Waals surface area contributed by atoms with E-state index in [4.69, 9.17) is 5.11 Å². The van der Waals surface area contributed by atoms with Crippen LogP contribution >= 0.6 is 0 Å². The molecule has 0 fully saturated rings. The lowest BCUT2D eigenvalue weighted by atomic mass is 10.1. The Morgan fingerprint density at radius 1 is 1.20 bits per heavy atom. The Labute approximate surface area is 117 Å². The number of benzene rings is 2. The van der Waals surface area contributed by atoms with Crippen LogP contribution in [0.1, 0.15) is 21.5 Å². The van der Waals surface area contributed by atoms with E-state index in [1.165, 1.54) is 0 Å². The highest BCUT2D eigenvalue weighted by Gasteiger charge is 2.12. The molecule has 4 heteroatoms. The van der Waals surface area contributed by atoms with Gasteiger partial charge in [-0.25, -0.2) is 4.79 Å². The molecule has 4 nitrogen and oxygen atoms in total. The van der Waals surface area contributed by atoms with E-state index >= 15 is 0 Å². The first-order valence-corrected chi connectivity index (χ1v) is 6.11. The van der Waals surface area contributed by atoms with Crippen molar-refractivity contribution in [3.8, 4) is 6.07 Å². The molecule has 2 aromatic rings. The lowest BCUT2D eigenvalue weighted by molar-refractivity contribution is 0.0697. The Morgan fingerprint density at radius 3 is 2.40 bits per heavy atom. The number of carbonyl (C=O) groups is 1. The third kappa shape index (κ3) is 2.47. The first kappa shape index (κ1) is 13.6. The van der Waals surface area contributed by atoms with E-state index in [9.17, 15) is 10.1 Å². The van der Waals surface area contributed by atoms with Crippen molar-refractivity contribution in [2.45, 2.75) is 6.92 Å². The van der Waals surface area contributed by atoms with Gasteiger partial charge >= 0.3 is 5.97 Å². The molecule has 0 radical (unpaired) electrons. The summed E-state index contributed by atoms with van der Waals surface area (Å²) >= 11 is 0. The van der Waals surface area contributed by atoms with Gasteiger partial charge in [0.1, 0.15) is 6.07 Å². The summed E-state index contributed by atoms with van der Waals surface area (Å²) in [4.78, 5) is 12.7. The average Bonchev–Trinajstić information content (AvgIpc) is 2.46. The first-order valence-electron chi connectivity index (χ1n) is 6.11. The molecular weight excluding hydrogens is 252 g/mol. The number of hydrogen-bond donors (Lipinski definition) is 1. The van der Waals surface area contributed by atoms with Crippen LogP contribution in [-0.4, -0.2) is 18.1 Å². The average molecular weight is 266 g/mol. The smallest absolute Gasteiger partial charge is 0.335 e. The van der Waals surface area contributed by atoms with Crippen molar-refractivity contribution < 1.29 is 9.90 Å². The minimum atomic E-state index is -0.951. The Morgan fingerprint density at radius 2 is 1.85 bits per heavy atom. The zero-order chi connectivity index (χ0) is 14.7. The van der Waals surface area contributed by atoms with Crippen molar-refractivity contribution in [1.82, 2.24) is 0 Å². The maximum Gasteiger partial charge on any atom is 0.335 e. The Balaban J connectivity index is 2.44. The first-order chi connectivity index (χ1) is 9.54. The van der Waals surface area contributed by atoms with Gasteiger partial charge in [0.05, 0.1) is 16.8 Å². The van der Waals surface area contributed by atoms with E-state index in [-0.39, 0.29) is 5.56 Å². The summed E-state index contributed by atoms with van der Waals surface area (Å²) in [6.45, 7) is 1.94. The number of nitriles is 1. The van der Waals surface area contributed by atoms with E-state index in [0.29, 0.717) is 5.56 Å². The highest BCUT2D eigenvalue weighted by Crippen LogP contribution is 2.30. The van der Waals surface area contributed by atoms with Crippen LogP contribution in [0.25, 0.3) is 0 Å². The molecule has 0 unspecified atom stereocenters. The maximum absolute atomic E-state index is 10.8. The molecule has 0 amide bonds. The second-order valence-electron chi connectivity index (χ2n) is 4.49. The van der Waals surface area contributed by atoms with Crippen LogP contribution < -0.4 is 4.90 Å². The van der Waals surface area contributed by atoms with Gasteiger partial charge in [0.2, 0.25) is 0 Å². The third-order valence-electron chi connectivity index (χ3n) is 3.20. The highest BCUT2D eigenvalue weighted by atomic mass is 16.4. The molecule has 2 aromatic carbocycles. The normalized spacial score (nSPS) is 9.85. The predicted octanol–water partition coefficient (Wildman–Crippen LogP) is 3.33. The largest absolute Gasteiger partial charge is 0.478 e. The number of nitrogens with zero attached hydrogens (tertiary/aromatic N) is 2. The van der Waals surface area contributed by atoms with Crippen LogP contribution in [0.4, 0.5) is 11.4 Å². The van der Waals surface area contributed by atoms with Gasteiger partial charge < -0.3 is 10.0 Å². The van der Waals surface area contributed by atoms with Crippen molar-refractivity contribution >= 4 is 17.3 Å². The Hall–Kier alpha value is -2.80. The van der Waals surface area contributed by atoms with Crippen LogP contribution in [0.5, 0.6) is 0 Å². The fourth-order valence-corrected chi connectivity index (χ4v) is 2.15. The number of anilines is 2. The van der Waals surface area contributed by atoms with E-state index in [0.717, 1.165) is 16.9 Å². The quantitative estimate of drug-likeness (QED) is 0.925. The summed E-state index contributed by atoms with van der Waals surface area (Å²) in [5.41, 5.74) is 3.50. The number of carboxylic acids is 1. The van der Waals surface area contributed by atoms with Crippen LogP contribution in [-0.2, 0) is 0 Å². The molecule has 0 aliphatic carbocycles. The van der Waals surface area contributed by atoms with E-state index in [1.54, 1.807) is 30.3 Å². The van der Waals surface area contributed by atoms with Gasteiger partial charge in [-0.1, -0.05) is 12.1 Å². The third-order valence-corrected chi connectivity index (χ3v) is 3.20. The lowest BCUT2D eigenvalue weighted by Crippen LogP contribution is -2.12. The SMILES string of the molecule is Cc1cccc(C#N)c1N(C)c1ccc(C(=O)O)cc1. The molecule has 0 heterocycles. The summed E-state index contributed by atoms with van der Waals surface area (Å²) in [5.74, 6) is -0.951. The molecule has 100 valence electrons. The predicted molar refractivity (Wildman–Crippen MR) is 77.4 cm³/mol. The summed E-state index contributed by atoms with van der Waals surface area (Å²) < 4.78 is 0. The molecule has 0 bridgehead atoms. The van der Waals surface area contributed by atoms with E-state index < -0.39 is 5.97 Å². The zero-order valence-electron chi connectivity index (χ0n) is 11.3. The highest BCUT2D eigenvalue weighted by molar-refractivity contribution is 5.88. The van der Waals surface area contributed by atoms with Gasteiger partial charge in [0.25, 0.3) is 0 Å². The molecule has 2 rings (SSSR count). The standard InChI is InChI=1S/C16H14N2O2/c1-11-4-3-5-13(10-17)15(11)18(2)14-8-6-12(7-9-14)16(19)20/h3-9H,1-2H3,(H,19,20).